The SMILES string of the molecule is N/C=C(/CO)N(N)c1n[nH]c(/N=C(\N)NN/C(N)=N\c2nc(N3NNC=C3CO)n[nH]2)n1. The zero-order chi connectivity index (χ0) is 23.1. The van der Waals surface area contributed by atoms with Crippen molar-refractivity contribution < 1.29 is 10.2 Å². The predicted octanol–water partition coefficient (Wildman–Crippen LogP) is -5.25. The number of guanidine groups is 2. The molecule has 2 aromatic rings. The van der Waals surface area contributed by atoms with Gasteiger partial charge in [-0.3, -0.25) is 10.9 Å². The molecule has 32 heavy (non-hydrogen) atoms. The molecule has 0 amide bonds. The van der Waals surface area contributed by atoms with Crippen molar-refractivity contribution in [3.63, 3.8) is 0 Å². The van der Waals surface area contributed by atoms with E-state index in [1.54, 1.807) is 6.20 Å². The van der Waals surface area contributed by atoms with E-state index >= 15 is 0 Å². The van der Waals surface area contributed by atoms with E-state index in [0.29, 0.717) is 5.70 Å². The third-order valence-electron chi connectivity index (χ3n) is 3.64. The maximum atomic E-state index is 9.27. The molecule has 0 bridgehead atoms. The Labute approximate surface area is 179 Å². The summed E-state index contributed by atoms with van der Waals surface area (Å²) in [6.45, 7) is -0.647. The Balaban J connectivity index is 1.57. The number of nitrogens with two attached hydrogens (primary N) is 4. The minimum absolute atomic E-state index is 0.000600. The molecule has 0 unspecified atom stereocenters. The largest absolute Gasteiger partial charge is 0.403 e. The van der Waals surface area contributed by atoms with Crippen molar-refractivity contribution in [1.29, 1.82) is 0 Å². The molecule has 172 valence electrons. The summed E-state index contributed by atoms with van der Waals surface area (Å²) in [6, 6.07) is 0. The molecule has 3 rings (SSSR count). The lowest BCUT2D eigenvalue weighted by molar-refractivity contribution is 0.326. The molecule has 16 N–H and O–H groups in total. The Hall–Kier alpha value is -4.66. The number of aliphatic hydroxyl groups excluding tert-OH is 2. The first-order valence-corrected chi connectivity index (χ1v) is 8.68. The minimum atomic E-state index is -0.413. The van der Waals surface area contributed by atoms with E-state index in [9.17, 15) is 5.11 Å². The van der Waals surface area contributed by atoms with Crippen LogP contribution in [0.5, 0.6) is 0 Å². The van der Waals surface area contributed by atoms with Gasteiger partial charge in [0.25, 0.3) is 11.9 Å². The van der Waals surface area contributed by atoms with Gasteiger partial charge >= 0.3 is 0 Å². The number of nitrogens with zero attached hydrogens (tertiary/aromatic N) is 8. The molecule has 20 nitrogen and oxygen atoms in total. The second-order valence-electron chi connectivity index (χ2n) is 5.73. The van der Waals surface area contributed by atoms with E-state index in [1.165, 1.54) is 5.01 Å². The Morgan fingerprint density at radius 2 is 1.78 bits per heavy atom. The van der Waals surface area contributed by atoms with Crippen LogP contribution < -0.4 is 54.9 Å². The molecule has 0 aliphatic carbocycles. The smallest absolute Gasteiger partial charge is 0.266 e. The number of aromatic amines is 2. The van der Waals surface area contributed by atoms with Crippen LogP contribution >= 0.6 is 0 Å². The van der Waals surface area contributed by atoms with Gasteiger partial charge in [-0.1, -0.05) is 0 Å². The van der Waals surface area contributed by atoms with Crippen molar-refractivity contribution in [3.8, 4) is 0 Å². The van der Waals surface area contributed by atoms with Crippen molar-refractivity contribution in [3.05, 3.63) is 23.8 Å². The maximum Gasteiger partial charge on any atom is 0.266 e. The van der Waals surface area contributed by atoms with Gasteiger partial charge < -0.3 is 32.8 Å². The van der Waals surface area contributed by atoms with Crippen molar-refractivity contribution in [2.45, 2.75) is 0 Å². The Bertz CT molecular complexity index is 1030. The number of nitrogens with one attached hydrogen (secondary N) is 6. The summed E-state index contributed by atoms with van der Waals surface area (Å²) in [5.74, 6) is 5.74. The number of aromatic nitrogens is 6. The predicted molar refractivity (Wildman–Crippen MR) is 112 cm³/mol. The van der Waals surface area contributed by atoms with Crippen LogP contribution in [0.2, 0.25) is 0 Å². The van der Waals surface area contributed by atoms with Crippen LogP contribution in [0, 0.1) is 0 Å². The fraction of sp³-hybridized carbons (Fsp3) is 0.167. The first-order valence-electron chi connectivity index (χ1n) is 8.68. The van der Waals surface area contributed by atoms with E-state index in [1.807, 2.05) is 0 Å². The molecule has 0 spiro atoms. The Kier molecular flexibility index (Phi) is 6.81. The molecular formula is C12H22N18O2. The number of anilines is 2. The van der Waals surface area contributed by atoms with Gasteiger partial charge in [0.2, 0.25) is 23.8 Å². The molecule has 3 heterocycles. The van der Waals surface area contributed by atoms with E-state index < -0.39 is 6.61 Å². The number of rotatable bonds is 7. The van der Waals surface area contributed by atoms with Crippen molar-refractivity contribution in [2.24, 2.45) is 33.0 Å². The molecule has 0 fully saturated rings. The van der Waals surface area contributed by atoms with Crippen molar-refractivity contribution >= 4 is 35.7 Å². The lowest BCUT2D eigenvalue weighted by Gasteiger charge is -2.14. The highest BCUT2D eigenvalue weighted by Gasteiger charge is 2.20. The fourth-order valence-corrected chi connectivity index (χ4v) is 2.16. The van der Waals surface area contributed by atoms with Gasteiger partial charge in [-0.05, 0) is 0 Å². The van der Waals surface area contributed by atoms with Gasteiger partial charge in [0.15, 0.2) is 0 Å². The van der Waals surface area contributed by atoms with E-state index in [2.05, 4.69) is 62.2 Å². The second kappa shape index (κ2) is 9.90. The number of aliphatic hydroxyl groups is 2. The standard InChI is InChI=1S/C12H22N18O2/c13-1-5(3-31)29(16)11-20-9(24-26-11)18-7(14)22-23-8(15)19-10-21-12(27-25-10)30-6(4-32)2-17-28-30/h1-2,17,28,31-32H,3-4,13,16H2,(H4,14,18,20,22,24,26)(H4,15,19,21,23,25,27)/b5-1-. The average Bonchev–Trinajstić information content (AvgIpc) is 3.53. The summed E-state index contributed by atoms with van der Waals surface area (Å²) in [4.78, 5) is 16.0. The molecule has 20 heteroatoms. The molecule has 0 radical (unpaired) electrons. The summed E-state index contributed by atoms with van der Waals surface area (Å²) in [6.07, 6.45) is 2.66. The molecular weight excluding hydrogens is 428 g/mol. The van der Waals surface area contributed by atoms with Gasteiger partial charge in [0.1, 0.15) is 0 Å². The Morgan fingerprint density at radius 3 is 2.41 bits per heavy atom. The molecule has 0 saturated carbocycles. The molecule has 0 saturated heterocycles. The van der Waals surface area contributed by atoms with Crippen molar-refractivity contribution in [2.75, 3.05) is 23.2 Å². The van der Waals surface area contributed by atoms with E-state index in [0.717, 1.165) is 11.2 Å². The van der Waals surface area contributed by atoms with Gasteiger partial charge in [0, 0.05) is 12.4 Å². The van der Waals surface area contributed by atoms with E-state index in [4.69, 9.17) is 28.2 Å². The zero-order valence-electron chi connectivity index (χ0n) is 16.4. The molecule has 2 aromatic heterocycles. The van der Waals surface area contributed by atoms with Crippen molar-refractivity contribution in [1.82, 2.24) is 52.2 Å². The van der Waals surface area contributed by atoms with Crippen LogP contribution in [-0.4, -0.2) is 65.7 Å². The Morgan fingerprint density at radius 1 is 1.12 bits per heavy atom. The van der Waals surface area contributed by atoms with Gasteiger partial charge in [-0.2, -0.15) is 20.0 Å². The number of hydrazine groups is 4. The van der Waals surface area contributed by atoms with Gasteiger partial charge in [-0.25, -0.2) is 26.1 Å². The van der Waals surface area contributed by atoms with Crippen LogP contribution in [-0.2, 0) is 0 Å². The van der Waals surface area contributed by atoms with Crippen LogP contribution in [0.15, 0.2) is 33.8 Å². The van der Waals surface area contributed by atoms with E-state index in [-0.39, 0.29) is 48.0 Å². The number of hydrogen-bond acceptors (Lipinski definition) is 14. The molecule has 1 aliphatic heterocycles. The number of H-pyrrole nitrogens is 2. The first-order chi connectivity index (χ1) is 15.4. The lowest BCUT2D eigenvalue weighted by Crippen LogP contribution is -2.48. The zero-order valence-corrected chi connectivity index (χ0v) is 16.4. The normalized spacial score (nSPS) is 14.9. The molecule has 1 aliphatic rings. The minimum Gasteiger partial charge on any atom is -0.403 e. The highest BCUT2D eigenvalue weighted by atomic mass is 16.3. The summed E-state index contributed by atoms with van der Waals surface area (Å²) in [5, 5.41) is 33.7. The third-order valence-corrected chi connectivity index (χ3v) is 3.64. The summed E-state index contributed by atoms with van der Waals surface area (Å²) < 4.78 is 0. The van der Waals surface area contributed by atoms with Crippen LogP contribution in [0.25, 0.3) is 0 Å². The third kappa shape index (κ3) is 5.08. The monoisotopic (exact) mass is 450 g/mol. The maximum absolute atomic E-state index is 9.27. The molecule has 0 atom stereocenters. The average molecular weight is 450 g/mol. The van der Waals surface area contributed by atoms with Gasteiger partial charge in [-0.15, -0.1) is 15.7 Å². The summed E-state index contributed by atoms with van der Waals surface area (Å²) in [5.41, 5.74) is 27.9. The van der Waals surface area contributed by atoms with Gasteiger partial charge in [0.05, 0.1) is 24.6 Å². The van der Waals surface area contributed by atoms with Crippen LogP contribution in [0.1, 0.15) is 0 Å². The topological polar surface area (TPSA) is 307 Å². The summed E-state index contributed by atoms with van der Waals surface area (Å²) >= 11 is 0. The highest BCUT2D eigenvalue weighted by molar-refractivity contribution is 5.85. The number of hydrogen-bond donors (Lipinski definition) is 12. The fourth-order valence-electron chi connectivity index (χ4n) is 2.16. The number of aliphatic imine (C=N–C) groups is 2. The molecule has 0 aromatic carbocycles. The lowest BCUT2D eigenvalue weighted by atomic mass is 10.5. The van der Waals surface area contributed by atoms with Crippen LogP contribution in [0.4, 0.5) is 23.8 Å². The highest BCUT2D eigenvalue weighted by Crippen LogP contribution is 2.16. The quantitative estimate of drug-likeness (QED) is 0.0810. The first kappa shape index (κ1) is 22.0. The second-order valence-corrected chi connectivity index (χ2v) is 5.73. The van der Waals surface area contributed by atoms with Crippen LogP contribution in [0.3, 0.4) is 0 Å². The summed E-state index contributed by atoms with van der Waals surface area (Å²) in [7, 11) is 0.